The molecule has 7 nitrogen and oxygen atoms in total. The third-order valence-corrected chi connectivity index (χ3v) is 8.46. The Morgan fingerprint density at radius 3 is 2.73 bits per heavy atom. The molecule has 1 amide bonds. The Bertz CT molecular complexity index is 1030. The number of aromatic nitrogens is 2. The zero-order chi connectivity index (χ0) is 25.6. The zero-order valence-electron chi connectivity index (χ0n) is 21.9. The molecule has 3 aliphatic rings. The van der Waals surface area contributed by atoms with Gasteiger partial charge in [-0.1, -0.05) is 36.8 Å². The zero-order valence-corrected chi connectivity index (χ0v) is 21.9. The first-order valence-electron chi connectivity index (χ1n) is 14.0. The second kappa shape index (κ2) is 12.3. The minimum absolute atomic E-state index is 0.0663. The van der Waals surface area contributed by atoms with E-state index in [0.29, 0.717) is 43.6 Å². The predicted molar refractivity (Wildman–Crippen MR) is 143 cm³/mol. The number of carbonyl (C=O) groups is 1. The Hall–Kier alpha value is -2.58. The number of rotatable bonds is 7. The van der Waals surface area contributed by atoms with E-state index < -0.39 is 6.17 Å². The van der Waals surface area contributed by atoms with E-state index in [2.05, 4.69) is 51.2 Å². The molecule has 0 bridgehead atoms. The molecule has 1 aromatic heterocycles. The predicted octanol–water partition coefficient (Wildman–Crippen LogP) is 4.49. The van der Waals surface area contributed by atoms with E-state index in [1.807, 2.05) is 11.8 Å². The summed E-state index contributed by atoms with van der Waals surface area (Å²) in [7, 11) is 0. The molecular formula is C29H40FN5O2. The average Bonchev–Trinajstić information content (AvgIpc) is 2.94. The van der Waals surface area contributed by atoms with Crippen LogP contribution in [0.2, 0.25) is 0 Å². The Morgan fingerprint density at radius 1 is 1.14 bits per heavy atom. The number of alkyl halides is 1. The lowest BCUT2D eigenvalue weighted by Gasteiger charge is -2.36. The fourth-order valence-corrected chi connectivity index (χ4v) is 6.18. The summed E-state index contributed by atoms with van der Waals surface area (Å²) in [4.78, 5) is 15.2. The van der Waals surface area contributed by atoms with Gasteiger partial charge in [0.2, 0.25) is 0 Å². The normalized spacial score (nSPS) is 27.1. The van der Waals surface area contributed by atoms with Crippen LogP contribution in [0.4, 0.5) is 10.1 Å². The number of amides is 1. The van der Waals surface area contributed by atoms with Gasteiger partial charge in [-0.15, -0.1) is 5.10 Å². The van der Waals surface area contributed by atoms with E-state index in [4.69, 9.17) is 4.74 Å². The number of likely N-dealkylation sites (tertiary alicyclic amines) is 1. The van der Waals surface area contributed by atoms with E-state index in [0.717, 1.165) is 30.6 Å². The van der Waals surface area contributed by atoms with Crippen LogP contribution in [0, 0.1) is 12.8 Å². The molecule has 2 aromatic rings. The van der Waals surface area contributed by atoms with Gasteiger partial charge in [-0.25, -0.2) is 4.39 Å². The van der Waals surface area contributed by atoms with E-state index in [-0.39, 0.29) is 24.6 Å². The van der Waals surface area contributed by atoms with Gasteiger partial charge in [-0.3, -0.25) is 4.79 Å². The highest BCUT2D eigenvalue weighted by atomic mass is 19.1. The molecule has 1 aliphatic carbocycles. The highest BCUT2D eigenvalue weighted by Gasteiger charge is 2.31. The monoisotopic (exact) mass is 509 g/mol. The molecule has 8 heteroatoms. The molecule has 200 valence electrons. The molecule has 2 N–H and O–H groups in total. The maximum Gasteiger partial charge on any atom is 0.274 e. The SMILES string of the molecule is Cc1c(NC[C@H]2CCC[C@@H](c3ccccc3)C2)cnnc1C(=O)N1CCC(NC2CCOCC2F)CC1. The Labute approximate surface area is 219 Å². The van der Waals surface area contributed by atoms with Crippen LogP contribution in [-0.4, -0.2) is 72.1 Å². The number of hydrogen-bond donors (Lipinski definition) is 2. The van der Waals surface area contributed by atoms with Crippen LogP contribution in [0.3, 0.4) is 0 Å². The molecule has 5 rings (SSSR count). The summed E-state index contributed by atoms with van der Waals surface area (Å²) in [6.07, 6.45) is 8.00. The second-order valence-electron chi connectivity index (χ2n) is 11.0. The van der Waals surface area contributed by atoms with Crippen LogP contribution in [0.15, 0.2) is 36.5 Å². The van der Waals surface area contributed by atoms with Crippen molar-refractivity contribution in [3.63, 3.8) is 0 Å². The second-order valence-corrected chi connectivity index (χ2v) is 11.0. The Kier molecular flexibility index (Phi) is 8.66. The number of piperidine rings is 1. The van der Waals surface area contributed by atoms with E-state index in [1.54, 1.807) is 6.20 Å². The summed E-state index contributed by atoms with van der Waals surface area (Å²) < 4.78 is 19.3. The summed E-state index contributed by atoms with van der Waals surface area (Å²) in [6.45, 7) is 4.88. The molecule has 2 unspecified atom stereocenters. The van der Waals surface area contributed by atoms with Crippen LogP contribution in [-0.2, 0) is 4.74 Å². The van der Waals surface area contributed by atoms with E-state index >= 15 is 0 Å². The third kappa shape index (κ3) is 6.47. The molecule has 37 heavy (non-hydrogen) atoms. The lowest BCUT2D eigenvalue weighted by atomic mass is 9.78. The van der Waals surface area contributed by atoms with Crippen molar-refractivity contribution in [1.29, 1.82) is 0 Å². The lowest BCUT2D eigenvalue weighted by Crippen LogP contribution is -2.52. The van der Waals surface area contributed by atoms with Gasteiger partial charge in [-0.05, 0) is 62.8 Å². The van der Waals surface area contributed by atoms with Crippen molar-refractivity contribution in [3.05, 3.63) is 53.3 Å². The molecule has 1 aromatic carbocycles. The molecule has 2 saturated heterocycles. The van der Waals surface area contributed by atoms with Crippen LogP contribution < -0.4 is 10.6 Å². The van der Waals surface area contributed by atoms with E-state index in [9.17, 15) is 9.18 Å². The first kappa shape index (κ1) is 26.0. The van der Waals surface area contributed by atoms with Gasteiger partial charge in [0.25, 0.3) is 5.91 Å². The van der Waals surface area contributed by atoms with Gasteiger partial charge in [0.05, 0.1) is 18.5 Å². The molecule has 2 aliphatic heterocycles. The number of benzene rings is 1. The van der Waals surface area contributed by atoms with Crippen molar-refractivity contribution in [2.24, 2.45) is 5.92 Å². The number of carbonyl (C=O) groups excluding carboxylic acids is 1. The van der Waals surface area contributed by atoms with Crippen LogP contribution in [0.5, 0.6) is 0 Å². The highest BCUT2D eigenvalue weighted by Crippen LogP contribution is 2.36. The fourth-order valence-electron chi connectivity index (χ4n) is 6.18. The third-order valence-electron chi connectivity index (χ3n) is 8.46. The van der Waals surface area contributed by atoms with Gasteiger partial charge < -0.3 is 20.3 Å². The molecule has 4 atom stereocenters. The van der Waals surface area contributed by atoms with Gasteiger partial charge in [-0.2, -0.15) is 5.10 Å². The number of anilines is 1. The Balaban J connectivity index is 1.14. The summed E-state index contributed by atoms with van der Waals surface area (Å²) in [5, 5.41) is 15.4. The molecule has 3 fully saturated rings. The lowest BCUT2D eigenvalue weighted by molar-refractivity contribution is 0.00840. The smallest absolute Gasteiger partial charge is 0.274 e. The maximum absolute atomic E-state index is 14.1. The maximum atomic E-state index is 14.1. The van der Waals surface area contributed by atoms with Crippen LogP contribution >= 0.6 is 0 Å². The first-order chi connectivity index (χ1) is 18.1. The number of hydrogen-bond acceptors (Lipinski definition) is 6. The minimum atomic E-state index is -0.959. The summed E-state index contributed by atoms with van der Waals surface area (Å²) in [6, 6.07) is 10.9. The van der Waals surface area contributed by atoms with Crippen molar-refractivity contribution in [2.45, 2.75) is 76.0 Å². The van der Waals surface area contributed by atoms with Gasteiger partial charge in [0.1, 0.15) is 6.17 Å². The van der Waals surface area contributed by atoms with Gasteiger partial charge in [0.15, 0.2) is 5.69 Å². The van der Waals surface area contributed by atoms with Crippen molar-refractivity contribution in [2.75, 3.05) is 38.2 Å². The number of ether oxygens (including phenoxy) is 1. The van der Waals surface area contributed by atoms with Crippen molar-refractivity contribution >= 4 is 11.6 Å². The highest BCUT2D eigenvalue weighted by molar-refractivity contribution is 5.94. The molecular weight excluding hydrogens is 469 g/mol. The van der Waals surface area contributed by atoms with Crippen molar-refractivity contribution < 1.29 is 13.9 Å². The molecule has 3 heterocycles. The van der Waals surface area contributed by atoms with Crippen molar-refractivity contribution in [3.8, 4) is 0 Å². The van der Waals surface area contributed by atoms with Gasteiger partial charge in [0, 0.05) is 43.9 Å². The Morgan fingerprint density at radius 2 is 1.95 bits per heavy atom. The molecule has 1 saturated carbocycles. The summed E-state index contributed by atoms with van der Waals surface area (Å²) in [5.41, 5.74) is 3.62. The van der Waals surface area contributed by atoms with Crippen LogP contribution in [0.25, 0.3) is 0 Å². The first-order valence-corrected chi connectivity index (χ1v) is 14.0. The topological polar surface area (TPSA) is 79.4 Å². The van der Waals surface area contributed by atoms with E-state index in [1.165, 1.54) is 31.2 Å². The molecule has 0 spiro atoms. The quantitative estimate of drug-likeness (QED) is 0.573. The number of halogens is 1. The summed E-state index contributed by atoms with van der Waals surface area (Å²) in [5.74, 6) is 1.15. The van der Waals surface area contributed by atoms with Crippen molar-refractivity contribution in [1.82, 2.24) is 20.4 Å². The number of nitrogens with one attached hydrogen (secondary N) is 2. The standard InChI is InChI=1S/C29H40FN5O2/c1-20-27(31-17-21-6-5-9-23(16-21)22-7-3-2-4-8-22)18-32-34-28(20)29(36)35-13-10-24(11-14-35)33-26-12-15-37-19-25(26)30/h2-4,7-8,18,21,23-26,33H,5-6,9-17,19H2,1H3,(H,31,34)/t21-,23+,25?,26?/m0/s1. The fraction of sp³-hybridized carbons (Fsp3) is 0.621. The van der Waals surface area contributed by atoms with Crippen LogP contribution in [0.1, 0.15) is 72.5 Å². The average molecular weight is 510 g/mol. The minimum Gasteiger partial charge on any atom is -0.383 e. The molecule has 0 radical (unpaired) electrons. The number of nitrogens with zero attached hydrogens (tertiary/aromatic N) is 3. The largest absolute Gasteiger partial charge is 0.383 e. The summed E-state index contributed by atoms with van der Waals surface area (Å²) >= 11 is 0. The van der Waals surface area contributed by atoms with Gasteiger partial charge >= 0.3 is 0 Å².